The van der Waals surface area contributed by atoms with Crippen LogP contribution in [0.25, 0.3) is 0 Å². The van der Waals surface area contributed by atoms with Crippen molar-refractivity contribution in [1.29, 1.82) is 0 Å². The second kappa shape index (κ2) is 9.72. The minimum atomic E-state index is 0.00891. The Morgan fingerprint density at radius 2 is 1.68 bits per heavy atom. The molecule has 2 aromatic carbocycles. The van der Waals surface area contributed by atoms with Gasteiger partial charge >= 0.3 is 0 Å². The summed E-state index contributed by atoms with van der Waals surface area (Å²) in [6, 6.07) is 15.5. The minimum absolute atomic E-state index is 0.00891. The number of benzene rings is 2. The second-order valence-corrected chi connectivity index (χ2v) is 6.11. The van der Waals surface area contributed by atoms with Crippen LogP contribution in [-0.4, -0.2) is 19.6 Å². The number of nitrogens with one attached hydrogen (secondary N) is 1. The van der Waals surface area contributed by atoms with Crippen LogP contribution in [0.4, 0.5) is 5.69 Å². The van der Waals surface area contributed by atoms with Gasteiger partial charge in [-0.2, -0.15) is 0 Å². The largest absolute Gasteiger partial charge is 0.497 e. The second-order valence-electron chi connectivity index (χ2n) is 6.11. The molecule has 2 rings (SSSR count). The van der Waals surface area contributed by atoms with Crippen LogP contribution in [0.1, 0.15) is 44.6 Å². The Labute approximate surface area is 150 Å². The summed E-state index contributed by atoms with van der Waals surface area (Å²) < 4.78 is 10.7. The molecule has 1 amide bonds. The highest BCUT2D eigenvalue weighted by atomic mass is 16.5. The fraction of sp³-hybridized carbons (Fsp3) is 0.381. The lowest BCUT2D eigenvalue weighted by atomic mass is 9.99. The third kappa shape index (κ3) is 6.14. The first kappa shape index (κ1) is 18.8. The smallest absolute Gasteiger partial charge is 0.224 e. The van der Waals surface area contributed by atoms with E-state index in [2.05, 4.69) is 31.3 Å². The monoisotopic (exact) mass is 341 g/mol. The van der Waals surface area contributed by atoms with E-state index in [9.17, 15) is 4.79 Å². The summed E-state index contributed by atoms with van der Waals surface area (Å²) in [6.45, 7) is 4.89. The molecular formula is C21H27NO3. The Balaban J connectivity index is 1.69. The van der Waals surface area contributed by atoms with Crippen molar-refractivity contribution >= 4 is 11.6 Å². The van der Waals surface area contributed by atoms with Gasteiger partial charge in [-0.15, -0.1) is 0 Å². The maximum absolute atomic E-state index is 12.0. The summed E-state index contributed by atoms with van der Waals surface area (Å²) in [4.78, 5) is 12.0. The predicted octanol–water partition coefficient (Wildman–Crippen LogP) is 5.01. The average molecular weight is 341 g/mol. The Hall–Kier alpha value is -2.49. The summed E-state index contributed by atoms with van der Waals surface area (Å²) in [7, 11) is 1.63. The molecule has 4 heteroatoms. The highest BCUT2D eigenvalue weighted by Gasteiger charge is 2.05. The van der Waals surface area contributed by atoms with Gasteiger partial charge in [0.05, 0.1) is 13.7 Å². The standard InChI is InChI=1S/C21H27NO3/c1-4-16(2)17-7-9-18(10-8-17)22-21(23)6-5-15-25-20-13-11-19(24-3)12-14-20/h7-14,16H,4-6,15H2,1-3H3,(H,22,23)/t16-/m1/s1. The van der Waals surface area contributed by atoms with Gasteiger partial charge in [0.2, 0.25) is 5.91 Å². The van der Waals surface area contributed by atoms with E-state index in [1.807, 2.05) is 36.4 Å². The quantitative estimate of drug-likeness (QED) is 0.652. The van der Waals surface area contributed by atoms with Crippen molar-refractivity contribution in [2.45, 2.75) is 39.0 Å². The number of ether oxygens (including phenoxy) is 2. The fourth-order valence-corrected chi connectivity index (χ4v) is 2.45. The summed E-state index contributed by atoms with van der Waals surface area (Å²) in [5.41, 5.74) is 2.14. The Bertz CT molecular complexity index is 650. The summed E-state index contributed by atoms with van der Waals surface area (Å²) >= 11 is 0. The van der Waals surface area contributed by atoms with Gasteiger partial charge in [-0.05, 0) is 60.7 Å². The van der Waals surface area contributed by atoms with Crippen molar-refractivity contribution in [2.75, 3.05) is 19.0 Å². The van der Waals surface area contributed by atoms with Crippen molar-refractivity contribution in [3.05, 3.63) is 54.1 Å². The molecule has 0 aliphatic rings. The number of carbonyl (C=O) groups excluding carboxylic acids is 1. The molecule has 0 radical (unpaired) electrons. The van der Waals surface area contributed by atoms with Crippen molar-refractivity contribution in [3.63, 3.8) is 0 Å². The third-order valence-corrected chi connectivity index (χ3v) is 4.25. The number of hydrogen-bond donors (Lipinski definition) is 1. The van der Waals surface area contributed by atoms with E-state index in [4.69, 9.17) is 9.47 Å². The van der Waals surface area contributed by atoms with E-state index >= 15 is 0 Å². The molecule has 0 bridgehead atoms. The summed E-state index contributed by atoms with van der Waals surface area (Å²) in [5, 5.41) is 2.93. The summed E-state index contributed by atoms with van der Waals surface area (Å²) in [5.74, 6) is 2.13. The van der Waals surface area contributed by atoms with Crippen LogP contribution in [0.5, 0.6) is 11.5 Å². The van der Waals surface area contributed by atoms with Gasteiger partial charge in [-0.25, -0.2) is 0 Å². The van der Waals surface area contributed by atoms with Gasteiger partial charge in [-0.3, -0.25) is 4.79 Å². The molecule has 134 valence electrons. The first-order valence-electron chi connectivity index (χ1n) is 8.79. The van der Waals surface area contributed by atoms with E-state index in [-0.39, 0.29) is 5.91 Å². The van der Waals surface area contributed by atoms with Crippen LogP contribution < -0.4 is 14.8 Å². The van der Waals surface area contributed by atoms with Crippen LogP contribution in [0.3, 0.4) is 0 Å². The molecule has 0 saturated carbocycles. The van der Waals surface area contributed by atoms with E-state index in [0.717, 1.165) is 23.6 Å². The number of hydrogen-bond acceptors (Lipinski definition) is 3. The fourth-order valence-electron chi connectivity index (χ4n) is 2.45. The molecule has 0 saturated heterocycles. The van der Waals surface area contributed by atoms with Crippen molar-refractivity contribution in [2.24, 2.45) is 0 Å². The van der Waals surface area contributed by atoms with Gasteiger partial charge in [0.15, 0.2) is 0 Å². The predicted molar refractivity (Wildman–Crippen MR) is 102 cm³/mol. The van der Waals surface area contributed by atoms with Gasteiger partial charge in [0, 0.05) is 12.1 Å². The molecule has 25 heavy (non-hydrogen) atoms. The first-order chi connectivity index (χ1) is 12.1. The lowest BCUT2D eigenvalue weighted by Crippen LogP contribution is -2.12. The van der Waals surface area contributed by atoms with Crippen molar-refractivity contribution < 1.29 is 14.3 Å². The maximum Gasteiger partial charge on any atom is 0.224 e. The number of anilines is 1. The summed E-state index contributed by atoms with van der Waals surface area (Å²) in [6.07, 6.45) is 2.21. The molecule has 4 nitrogen and oxygen atoms in total. The molecule has 0 spiro atoms. The van der Waals surface area contributed by atoms with E-state index in [1.165, 1.54) is 5.56 Å². The average Bonchev–Trinajstić information content (AvgIpc) is 2.65. The Kier molecular flexibility index (Phi) is 7.33. The lowest BCUT2D eigenvalue weighted by Gasteiger charge is -2.11. The van der Waals surface area contributed by atoms with Crippen LogP contribution in [0.2, 0.25) is 0 Å². The number of rotatable bonds is 9. The Morgan fingerprint density at radius 1 is 1.04 bits per heavy atom. The van der Waals surface area contributed by atoms with Gasteiger partial charge in [0.1, 0.15) is 11.5 Å². The molecule has 2 aromatic rings. The van der Waals surface area contributed by atoms with E-state index in [0.29, 0.717) is 25.4 Å². The van der Waals surface area contributed by atoms with Gasteiger partial charge < -0.3 is 14.8 Å². The van der Waals surface area contributed by atoms with Crippen molar-refractivity contribution in [1.82, 2.24) is 0 Å². The van der Waals surface area contributed by atoms with Crippen molar-refractivity contribution in [3.8, 4) is 11.5 Å². The molecule has 0 aliphatic heterocycles. The first-order valence-corrected chi connectivity index (χ1v) is 8.79. The SMILES string of the molecule is CC[C@@H](C)c1ccc(NC(=O)CCCOc2ccc(OC)cc2)cc1. The zero-order chi connectivity index (χ0) is 18.1. The van der Waals surface area contributed by atoms with Crippen LogP contribution in [-0.2, 0) is 4.79 Å². The zero-order valence-corrected chi connectivity index (χ0v) is 15.2. The highest BCUT2D eigenvalue weighted by molar-refractivity contribution is 5.90. The van der Waals surface area contributed by atoms with Crippen LogP contribution in [0, 0.1) is 0 Å². The van der Waals surface area contributed by atoms with Gasteiger partial charge in [0.25, 0.3) is 0 Å². The highest BCUT2D eigenvalue weighted by Crippen LogP contribution is 2.21. The molecule has 1 N–H and O–H groups in total. The van der Waals surface area contributed by atoms with Crippen LogP contribution >= 0.6 is 0 Å². The van der Waals surface area contributed by atoms with E-state index in [1.54, 1.807) is 7.11 Å². The number of amides is 1. The topological polar surface area (TPSA) is 47.6 Å². The van der Waals surface area contributed by atoms with E-state index < -0.39 is 0 Å². The molecule has 0 aromatic heterocycles. The molecule has 0 unspecified atom stereocenters. The normalized spacial score (nSPS) is 11.6. The molecule has 1 atom stereocenters. The van der Waals surface area contributed by atoms with Gasteiger partial charge in [-0.1, -0.05) is 26.0 Å². The molecule has 0 aliphatic carbocycles. The zero-order valence-electron chi connectivity index (χ0n) is 15.2. The molecular weight excluding hydrogens is 314 g/mol. The third-order valence-electron chi connectivity index (χ3n) is 4.25. The lowest BCUT2D eigenvalue weighted by molar-refractivity contribution is -0.116. The maximum atomic E-state index is 12.0. The van der Waals surface area contributed by atoms with Crippen LogP contribution in [0.15, 0.2) is 48.5 Å². The Morgan fingerprint density at radius 3 is 2.28 bits per heavy atom. The molecule has 0 heterocycles. The number of methoxy groups -OCH3 is 1. The molecule has 0 fully saturated rings. The minimum Gasteiger partial charge on any atom is -0.497 e. The number of carbonyl (C=O) groups is 1.